The zero-order chi connectivity index (χ0) is 22.1. The maximum Gasteiger partial charge on any atom is 0.333 e. The van der Waals surface area contributed by atoms with Crippen LogP contribution in [0.25, 0.3) is 0 Å². The Kier molecular flexibility index (Phi) is 4.40. The quantitative estimate of drug-likeness (QED) is 0.530. The molecule has 0 radical (unpaired) electrons. The molecule has 8 nitrogen and oxygen atoms in total. The van der Waals surface area contributed by atoms with Gasteiger partial charge in [0.05, 0.1) is 11.0 Å². The predicted molar refractivity (Wildman–Crippen MR) is 108 cm³/mol. The summed E-state index contributed by atoms with van der Waals surface area (Å²) < 4.78 is 11.9. The SMILES string of the molecule is C[C@H](O)C(=O)N[C@@H](C)C(=O)OC1=CC[C@@]2(O)[C@@H]3CCCC24c2c(ccc(O)c2OC14)C3. The Bertz CT molecular complexity index is 1000. The zero-order valence-electron chi connectivity index (χ0n) is 17.6. The second-order valence-electron chi connectivity index (χ2n) is 9.27. The summed E-state index contributed by atoms with van der Waals surface area (Å²) in [4.78, 5) is 24.4. The molecule has 1 spiro atoms. The average Bonchev–Trinajstić information content (AvgIpc) is 3.06. The molecule has 1 heterocycles. The molecule has 2 bridgehead atoms. The van der Waals surface area contributed by atoms with Crippen LogP contribution in [0.2, 0.25) is 0 Å². The van der Waals surface area contributed by atoms with Crippen LogP contribution in [0.3, 0.4) is 0 Å². The van der Waals surface area contributed by atoms with E-state index >= 15 is 0 Å². The highest BCUT2D eigenvalue weighted by Gasteiger charge is 2.70. The lowest BCUT2D eigenvalue weighted by molar-refractivity contribution is -0.161. The second kappa shape index (κ2) is 6.71. The number of nitrogens with one attached hydrogen (secondary N) is 1. The van der Waals surface area contributed by atoms with E-state index in [0.29, 0.717) is 18.6 Å². The van der Waals surface area contributed by atoms with Gasteiger partial charge < -0.3 is 30.1 Å². The third-order valence-corrected chi connectivity index (χ3v) is 7.57. The molecule has 4 N–H and O–H groups in total. The van der Waals surface area contributed by atoms with E-state index in [4.69, 9.17) is 9.47 Å². The average molecular weight is 429 g/mol. The number of esters is 1. The highest BCUT2D eigenvalue weighted by Crippen LogP contribution is 2.67. The highest BCUT2D eigenvalue weighted by molar-refractivity contribution is 5.86. The number of hydrogen-bond acceptors (Lipinski definition) is 7. The van der Waals surface area contributed by atoms with Crippen LogP contribution in [0.4, 0.5) is 0 Å². The van der Waals surface area contributed by atoms with Gasteiger partial charge in [-0.3, -0.25) is 4.79 Å². The van der Waals surface area contributed by atoms with Crippen LogP contribution >= 0.6 is 0 Å². The topological polar surface area (TPSA) is 125 Å². The Labute approximate surface area is 179 Å². The van der Waals surface area contributed by atoms with Gasteiger partial charge in [-0.05, 0) is 63.2 Å². The van der Waals surface area contributed by atoms with Crippen LogP contribution in [-0.4, -0.2) is 51.0 Å². The van der Waals surface area contributed by atoms with Crippen molar-refractivity contribution in [2.45, 2.75) is 75.2 Å². The molecule has 1 amide bonds. The van der Waals surface area contributed by atoms with Gasteiger partial charge in [0.15, 0.2) is 17.6 Å². The molecule has 0 aromatic heterocycles. The number of aliphatic hydroxyl groups excluding tert-OH is 1. The van der Waals surface area contributed by atoms with E-state index in [1.54, 1.807) is 12.1 Å². The largest absolute Gasteiger partial charge is 0.504 e. The van der Waals surface area contributed by atoms with Gasteiger partial charge in [-0.2, -0.15) is 0 Å². The van der Waals surface area contributed by atoms with Crippen molar-refractivity contribution in [3.05, 3.63) is 35.1 Å². The molecule has 8 heteroatoms. The third kappa shape index (κ3) is 2.61. The Morgan fingerprint density at radius 3 is 2.84 bits per heavy atom. The molecule has 1 aliphatic heterocycles. The van der Waals surface area contributed by atoms with E-state index in [1.165, 1.54) is 13.8 Å². The molecule has 1 fully saturated rings. The molecule has 0 saturated heterocycles. The van der Waals surface area contributed by atoms with E-state index in [-0.39, 0.29) is 17.4 Å². The summed E-state index contributed by atoms with van der Waals surface area (Å²) in [7, 11) is 0. The Balaban J connectivity index is 1.51. The number of phenols is 1. The maximum absolute atomic E-state index is 12.7. The van der Waals surface area contributed by atoms with Gasteiger partial charge in [-0.15, -0.1) is 0 Å². The number of rotatable bonds is 4. The van der Waals surface area contributed by atoms with Gasteiger partial charge in [0.1, 0.15) is 17.9 Å². The van der Waals surface area contributed by atoms with Crippen LogP contribution in [-0.2, 0) is 26.2 Å². The van der Waals surface area contributed by atoms with Gasteiger partial charge >= 0.3 is 5.97 Å². The van der Waals surface area contributed by atoms with Crippen LogP contribution in [0, 0.1) is 5.92 Å². The Morgan fingerprint density at radius 2 is 2.10 bits per heavy atom. The van der Waals surface area contributed by atoms with Crippen molar-refractivity contribution in [3.8, 4) is 11.5 Å². The summed E-state index contributed by atoms with van der Waals surface area (Å²) in [5.41, 5.74) is 0.0841. The van der Waals surface area contributed by atoms with Crippen LogP contribution < -0.4 is 10.1 Å². The van der Waals surface area contributed by atoms with E-state index in [9.17, 15) is 24.9 Å². The lowest BCUT2D eigenvalue weighted by atomic mass is 9.47. The molecule has 2 unspecified atom stereocenters. The van der Waals surface area contributed by atoms with E-state index in [1.807, 2.05) is 6.07 Å². The summed E-state index contributed by atoms with van der Waals surface area (Å²) in [6, 6.07) is 2.54. The third-order valence-electron chi connectivity index (χ3n) is 7.57. The van der Waals surface area contributed by atoms with Crippen molar-refractivity contribution in [1.29, 1.82) is 0 Å². The first-order valence-corrected chi connectivity index (χ1v) is 10.8. The standard InChI is InChI=1S/C23H27NO7/c1-11(24-20(27)12(2)25)21(28)30-16-7-9-23(29)14-4-3-8-22(23)17-13(10-14)5-6-15(26)18(17)31-19(16)22/h5-7,11-12,14,19,25-26,29H,3-4,8-10H2,1-2H3,(H,24,27)/t11-,12-,14+,19?,22?,23+/m0/s1. The number of carbonyl (C=O) groups excluding carboxylic acids is 2. The first kappa shape index (κ1) is 20.3. The van der Waals surface area contributed by atoms with E-state index in [2.05, 4.69) is 5.32 Å². The number of phenolic OH excluding ortho intramolecular Hbond substituents is 1. The van der Waals surface area contributed by atoms with Crippen LogP contribution in [0.5, 0.6) is 11.5 Å². The summed E-state index contributed by atoms with van der Waals surface area (Å²) in [5.74, 6) is -0.631. The number of aromatic hydroxyl groups is 1. The van der Waals surface area contributed by atoms with Gasteiger partial charge in [0.2, 0.25) is 5.91 Å². The number of hydrogen-bond donors (Lipinski definition) is 4. The van der Waals surface area contributed by atoms with E-state index in [0.717, 1.165) is 30.4 Å². The Hall–Kier alpha value is -2.58. The molecule has 1 saturated carbocycles. The van der Waals surface area contributed by atoms with Gasteiger partial charge in [0.25, 0.3) is 0 Å². The van der Waals surface area contributed by atoms with Crippen LogP contribution in [0.1, 0.15) is 50.7 Å². The molecule has 31 heavy (non-hydrogen) atoms. The molecule has 4 aliphatic rings. The first-order valence-electron chi connectivity index (χ1n) is 10.8. The number of ether oxygens (including phenoxy) is 2. The Morgan fingerprint density at radius 1 is 1.32 bits per heavy atom. The fourth-order valence-corrected chi connectivity index (χ4v) is 6.13. The lowest BCUT2D eigenvalue weighted by Crippen LogP contribution is -2.67. The van der Waals surface area contributed by atoms with Gasteiger partial charge in [-0.1, -0.05) is 12.5 Å². The first-order chi connectivity index (χ1) is 14.7. The van der Waals surface area contributed by atoms with Crippen molar-refractivity contribution in [1.82, 2.24) is 5.32 Å². The maximum atomic E-state index is 12.7. The van der Waals surface area contributed by atoms with Crippen molar-refractivity contribution < 1.29 is 34.4 Å². The molecule has 1 aromatic rings. The minimum Gasteiger partial charge on any atom is -0.504 e. The van der Waals surface area contributed by atoms with E-state index < -0.39 is 41.1 Å². The van der Waals surface area contributed by atoms with Crippen molar-refractivity contribution in [2.75, 3.05) is 0 Å². The highest BCUT2D eigenvalue weighted by atomic mass is 16.6. The second-order valence-corrected chi connectivity index (χ2v) is 9.27. The summed E-state index contributed by atoms with van der Waals surface area (Å²) in [6.45, 7) is 2.79. The van der Waals surface area contributed by atoms with Crippen molar-refractivity contribution in [2.24, 2.45) is 5.92 Å². The summed E-state index contributed by atoms with van der Waals surface area (Å²) in [5, 5.41) is 34.2. The molecule has 3 aliphatic carbocycles. The summed E-state index contributed by atoms with van der Waals surface area (Å²) >= 11 is 0. The molecule has 1 aromatic carbocycles. The summed E-state index contributed by atoms with van der Waals surface area (Å²) in [6.07, 6.45) is 3.25. The molecule has 166 valence electrons. The smallest absolute Gasteiger partial charge is 0.333 e. The number of amides is 1. The number of benzene rings is 1. The number of aliphatic hydroxyl groups is 2. The fraction of sp³-hybridized carbons (Fsp3) is 0.565. The lowest BCUT2D eigenvalue weighted by Gasteiger charge is -2.59. The van der Waals surface area contributed by atoms with Gasteiger partial charge in [-0.25, -0.2) is 4.79 Å². The minimum atomic E-state index is -1.24. The predicted octanol–water partition coefficient (Wildman–Crippen LogP) is 1.19. The van der Waals surface area contributed by atoms with Crippen molar-refractivity contribution in [3.63, 3.8) is 0 Å². The monoisotopic (exact) mass is 429 g/mol. The normalized spacial score (nSPS) is 34.0. The zero-order valence-corrected chi connectivity index (χ0v) is 17.6. The van der Waals surface area contributed by atoms with Crippen LogP contribution in [0.15, 0.2) is 24.0 Å². The van der Waals surface area contributed by atoms with Crippen molar-refractivity contribution >= 4 is 11.9 Å². The molecular weight excluding hydrogens is 402 g/mol. The molecular formula is C23H27NO7. The fourth-order valence-electron chi connectivity index (χ4n) is 6.13. The minimum absolute atomic E-state index is 0.0112. The number of carbonyl (C=O) groups is 2. The molecule has 6 atom stereocenters. The van der Waals surface area contributed by atoms with Gasteiger partial charge in [0, 0.05) is 5.56 Å². The molecule has 5 rings (SSSR count).